The first kappa shape index (κ1) is 19.1. The van der Waals surface area contributed by atoms with Gasteiger partial charge in [-0.05, 0) is 60.7 Å². The molecule has 0 N–H and O–H groups in total. The number of carbonyl (C=O) groups excluding carboxylic acids is 2. The van der Waals surface area contributed by atoms with Gasteiger partial charge in [0.15, 0.2) is 0 Å². The van der Waals surface area contributed by atoms with Crippen LogP contribution in [0.4, 0.5) is 0 Å². The number of benzene rings is 2. The molecule has 0 radical (unpaired) electrons. The van der Waals surface area contributed by atoms with Crippen molar-refractivity contribution in [1.82, 2.24) is 0 Å². The molecule has 0 amide bonds. The average Bonchev–Trinajstić information content (AvgIpc) is 3.20. The van der Waals surface area contributed by atoms with Gasteiger partial charge in [-0.2, -0.15) is 0 Å². The molecule has 1 atom stereocenters. The highest BCUT2D eigenvalue weighted by molar-refractivity contribution is 5.92. The lowest BCUT2D eigenvalue weighted by atomic mass is 10.0. The molecule has 1 aliphatic heterocycles. The molecule has 0 aliphatic carbocycles. The zero-order chi connectivity index (χ0) is 19.2. The van der Waals surface area contributed by atoms with Crippen molar-refractivity contribution in [2.24, 2.45) is 0 Å². The Morgan fingerprint density at radius 3 is 2.22 bits per heavy atom. The average molecular weight is 368 g/mol. The standard InChI is InChI=1S/C22H24O5/c1-15(2)16-5-7-18(8-6-16)22(24)27-19-11-9-17(10-12-19)21(23)26-14-20-4-3-13-25-20/h5-12,15,20H,3-4,13-14H2,1-2H3. The Labute approximate surface area is 159 Å². The van der Waals surface area contributed by atoms with Crippen molar-refractivity contribution in [3.05, 3.63) is 65.2 Å². The van der Waals surface area contributed by atoms with Crippen molar-refractivity contribution in [3.8, 4) is 5.75 Å². The molecule has 0 bridgehead atoms. The first-order chi connectivity index (χ1) is 13.0. The summed E-state index contributed by atoms with van der Waals surface area (Å²) in [6, 6.07) is 13.7. The molecule has 1 fully saturated rings. The second kappa shape index (κ2) is 8.82. The highest BCUT2D eigenvalue weighted by atomic mass is 16.6. The third-order valence-corrected chi connectivity index (χ3v) is 4.54. The molecule has 1 aliphatic rings. The van der Waals surface area contributed by atoms with Gasteiger partial charge in [0.25, 0.3) is 0 Å². The van der Waals surface area contributed by atoms with Crippen molar-refractivity contribution in [2.45, 2.75) is 38.7 Å². The molecule has 5 nitrogen and oxygen atoms in total. The fraction of sp³-hybridized carbons (Fsp3) is 0.364. The zero-order valence-electron chi connectivity index (χ0n) is 15.6. The Bertz CT molecular complexity index is 771. The van der Waals surface area contributed by atoms with Crippen LogP contribution in [-0.4, -0.2) is 31.3 Å². The molecule has 2 aromatic carbocycles. The quantitative estimate of drug-likeness (QED) is 0.560. The number of ether oxygens (including phenoxy) is 3. The maximum absolute atomic E-state index is 12.2. The monoisotopic (exact) mass is 368 g/mol. The number of esters is 2. The summed E-state index contributed by atoms with van der Waals surface area (Å²) in [5, 5.41) is 0. The number of hydrogen-bond donors (Lipinski definition) is 0. The molecule has 0 aromatic heterocycles. The predicted molar refractivity (Wildman–Crippen MR) is 101 cm³/mol. The van der Waals surface area contributed by atoms with E-state index in [0.29, 0.717) is 22.8 Å². The second-order valence-electron chi connectivity index (χ2n) is 6.92. The first-order valence-electron chi connectivity index (χ1n) is 9.24. The van der Waals surface area contributed by atoms with Crippen LogP contribution in [-0.2, 0) is 9.47 Å². The van der Waals surface area contributed by atoms with Crippen LogP contribution in [0.3, 0.4) is 0 Å². The molecule has 1 heterocycles. The summed E-state index contributed by atoms with van der Waals surface area (Å²) in [5.74, 6) is -0.0575. The number of hydrogen-bond acceptors (Lipinski definition) is 5. The maximum atomic E-state index is 12.2. The van der Waals surface area contributed by atoms with Crippen molar-refractivity contribution < 1.29 is 23.8 Å². The van der Waals surface area contributed by atoms with Crippen LogP contribution in [0.2, 0.25) is 0 Å². The highest BCUT2D eigenvalue weighted by Gasteiger charge is 2.18. The van der Waals surface area contributed by atoms with Crippen LogP contribution in [0.25, 0.3) is 0 Å². The van der Waals surface area contributed by atoms with Crippen molar-refractivity contribution in [3.63, 3.8) is 0 Å². The van der Waals surface area contributed by atoms with E-state index in [-0.39, 0.29) is 12.7 Å². The Hall–Kier alpha value is -2.66. The lowest BCUT2D eigenvalue weighted by Crippen LogP contribution is -2.17. The molecule has 5 heteroatoms. The van der Waals surface area contributed by atoms with Crippen LogP contribution in [0.15, 0.2) is 48.5 Å². The molecule has 3 rings (SSSR count). The van der Waals surface area contributed by atoms with Crippen molar-refractivity contribution in [2.75, 3.05) is 13.2 Å². The SMILES string of the molecule is CC(C)c1ccc(C(=O)Oc2ccc(C(=O)OCC3CCCO3)cc2)cc1. The lowest BCUT2D eigenvalue weighted by molar-refractivity contribution is 0.0161. The largest absolute Gasteiger partial charge is 0.459 e. The summed E-state index contributed by atoms with van der Waals surface area (Å²) in [4.78, 5) is 24.3. The molecule has 1 unspecified atom stereocenters. The lowest BCUT2D eigenvalue weighted by Gasteiger charge is -2.10. The van der Waals surface area contributed by atoms with Crippen LogP contribution in [0, 0.1) is 0 Å². The Kier molecular flexibility index (Phi) is 6.24. The number of carbonyl (C=O) groups is 2. The van der Waals surface area contributed by atoms with Gasteiger partial charge in [-0.1, -0.05) is 26.0 Å². The third kappa shape index (κ3) is 5.17. The molecule has 142 valence electrons. The zero-order valence-corrected chi connectivity index (χ0v) is 15.6. The van der Waals surface area contributed by atoms with E-state index >= 15 is 0 Å². The third-order valence-electron chi connectivity index (χ3n) is 4.54. The Morgan fingerprint density at radius 2 is 1.63 bits per heavy atom. The van der Waals surface area contributed by atoms with Gasteiger partial charge in [-0.25, -0.2) is 9.59 Å². The summed E-state index contributed by atoms with van der Waals surface area (Å²) < 4.78 is 16.1. The molecule has 1 saturated heterocycles. The van der Waals surface area contributed by atoms with E-state index in [1.807, 2.05) is 12.1 Å². The summed E-state index contributed by atoms with van der Waals surface area (Å²) in [7, 11) is 0. The fourth-order valence-electron chi connectivity index (χ4n) is 2.86. The van der Waals surface area contributed by atoms with E-state index in [4.69, 9.17) is 14.2 Å². The van der Waals surface area contributed by atoms with Gasteiger partial charge in [0, 0.05) is 6.61 Å². The summed E-state index contributed by atoms with van der Waals surface area (Å²) in [6.07, 6.45) is 1.92. The van der Waals surface area contributed by atoms with Crippen molar-refractivity contribution in [1.29, 1.82) is 0 Å². The van der Waals surface area contributed by atoms with Gasteiger partial charge in [0.2, 0.25) is 0 Å². The van der Waals surface area contributed by atoms with E-state index in [1.165, 1.54) is 0 Å². The van der Waals surface area contributed by atoms with Crippen LogP contribution in [0.1, 0.15) is 58.9 Å². The smallest absolute Gasteiger partial charge is 0.343 e. The van der Waals surface area contributed by atoms with Crippen molar-refractivity contribution >= 4 is 11.9 Å². The minimum absolute atomic E-state index is 0.00346. The van der Waals surface area contributed by atoms with Gasteiger partial charge in [0.1, 0.15) is 12.4 Å². The second-order valence-corrected chi connectivity index (χ2v) is 6.92. The molecule has 2 aromatic rings. The van der Waals surface area contributed by atoms with E-state index in [2.05, 4.69) is 13.8 Å². The fourth-order valence-corrected chi connectivity index (χ4v) is 2.86. The normalized spacial score (nSPS) is 16.3. The van der Waals surface area contributed by atoms with Gasteiger partial charge in [-0.15, -0.1) is 0 Å². The molecular formula is C22H24O5. The first-order valence-corrected chi connectivity index (χ1v) is 9.24. The Morgan fingerprint density at radius 1 is 1.00 bits per heavy atom. The van der Waals surface area contributed by atoms with Crippen LogP contribution in [0.5, 0.6) is 5.75 Å². The predicted octanol–water partition coefficient (Wildman–Crippen LogP) is 4.37. The molecular weight excluding hydrogens is 344 g/mol. The Balaban J connectivity index is 1.54. The minimum Gasteiger partial charge on any atom is -0.459 e. The molecule has 0 saturated carbocycles. The summed E-state index contributed by atoms with van der Waals surface area (Å²) in [6.45, 7) is 5.19. The van der Waals surface area contributed by atoms with E-state index in [1.54, 1.807) is 36.4 Å². The van der Waals surface area contributed by atoms with Crippen LogP contribution < -0.4 is 4.74 Å². The van der Waals surface area contributed by atoms with Gasteiger partial charge >= 0.3 is 11.9 Å². The van der Waals surface area contributed by atoms with Gasteiger partial charge in [-0.3, -0.25) is 0 Å². The topological polar surface area (TPSA) is 61.8 Å². The maximum Gasteiger partial charge on any atom is 0.343 e. The van der Waals surface area contributed by atoms with E-state index in [0.717, 1.165) is 25.0 Å². The highest BCUT2D eigenvalue weighted by Crippen LogP contribution is 2.18. The van der Waals surface area contributed by atoms with E-state index < -0.39 is 11.9 Å². The van der Waals surface area contributed by atoms with Gasteiger partial charge in [0.05, 0.1) is 17.2 Å². The number of rotatable bonds is 6. The molecule has 0 spiro atoms. The summed E-state index contributed by atoms with van der Waals surface area (Å²) >= 11 is 0. The van der Waals surface area contributed by atoms with E-state index in [9.17, 15) is 9.59 Å². The minimum atomic E-state index is -0.431. The van der Waals surface area contributed by atoms with Gasteiger partial charge < -0.3 is 14.2 Å². The molecule has 27 heavy (non-hydrogen) atoms. The van der Waals surface area contributed by atoms with Crippen LogP contribution >= 0.6 is 0 Å². The summed E-state index contributed by atoms with van der Waals surface area (Å²) in [5.41, 5.74) is 2.06.